The fourth-order valence-electron chi connectivity index (χ4n) is 6.36. The first kappa shape index (κ1) is 36.4. The van der Waals surface area contributed by atoms with Gasteiger partial charge in [0.2, 0.25) is 0 Å². The summed E-state index contributed by atoms with van der Waals surface area (Å²) < 4.78 is 0. The van der Waals surface area contributed by atoms with Gasteiger partial charge in [-0.05, 0) is 25.7 Å². The van der Waals surface area contributed by atoms with Gasteiger partial charge in [-0.25, -0.2) is 0 Å². The number of unbranched alkanes of at least 4 members (excludes halogenated alkanes) is 25. The molecule has 1 unspecified atom stereocenters. The highest BCUT2D eigenvalue weighted by Gasteiger charge is 2.24. The van der Waals surface area contributed by atoms with Gasteiger partial charge in [0, 0.05) is 25.5 Å². The summed E-state index contributed by atoms with van der Waals surface area (Å²) in [6, 6.07) is 0. The Labute approximate surface area is 248 Å². The van der Waals surface area contributed by atoms with E-state index in [0.29, 0.717) is 6.17 Å². The van der Waals surface area contributed by atoms with Crippen molar-refractivity contribution >= 4 is 0 Å². The normalized spacial score (nSPS) is 15.2. The Bertz CT molecular complexity index is 502. The molecular formula is C37H74N2. The summed E-state index contributed by atoms with van der Waals surface area (Å²) in [5.74, 6) is 0. The fourth-order valence-corrected chi connectivity index (χ4v) is 6.36. The Morgan fingerprint density at radius 1 is 0.333 bits per heavy atom. The van der Waals surface area contributed by atoms with Crippen LogP contribution in [0.25, 0.3) is 0 Å². The van der Waals surface area contributed by atoms with Crippen LogP contribution in [0.5, 0.6) is 0 Å². The van der Waals surface area contributed by atoms with E-state index in [1.165, 1.54) is 199 Å². The van der Waals surface area contributed by atoms with E-state index >= 15 is 0 Å². The SMILES string of the molecule is CCCCCCCCCCCCCCCCCCCC1N(CCCCC)C=CN1CCCCCCCCCC. The molecule has 0 amide bonds. The van der Waals surface area contributed by atoms with Crippen molar-refractivity contribution in [2.24, 2.45) is 0 Å². The van der Waals surface area contributed by atoms with E-state index in [4.69, 9.17) is 0 Å². The van der Waals surface area contributed by atoms with Crippen molar-refractivity contribution in [2.45, 2.75) is 213 Å². The van der Waals surface area contributed by atoms with Gasteiger partial charge in [0.15, 0.2) is 0 Å². The molecule has 0 aromatic heterocycles. The van der Waals surface area contributed by atoms with Crippen molar-refractivity contribution in [1.82, 2.24) is 9.80 Å². The summed E-state index contributed by atoms with van der Waals surface area (Å²) >= 11 is 0. The summed E-state index contributed by atoms with van der Waals surface area (Å²) in [5.41, 5.74) is 0. The van der Waals surface area contributed by atoms with Crippen LogP contribution in [0.3, 0.4) is 0 Å². The van der Waals surface area contributed by atoms with E-state index in [0.717, 1.165) is 0 Å². The summed E-state index contributed by atoms with van der Waals surface area (Å²) in [6.07, 6.45) is 47.0. The highest BCUT2D eigenvalue weighted by atomic mass is 15.4. The largest absolute Gasteiger partial charge is 0.356 e. The number of hydrogen-bond donors (Lipinski definition) is 0. The lowest BCUT2D eigenvalue weighted by atomic mass is 10.0. The minimum Gasteiger partial charge on any atom is -0.356 e. The smallest absolute Gasteiger partial charge is 0.101 e. The second-order valence-electron chi connectivity index (χ2n) is 12.9. The van der Waals surface area contributed by atoms with Crippen molar-refractivity contribution in [1.29, 1.82) is 0 Å². The molecule has 0 saturated heterocycles. The van der Waals surface area contributed by atoms with Gasteiger partial charge in [0.1, 0.15) is 6.17 Å². The first-order valence-electron chi connectivity index (χ1n) is 18.5. The monoisotopic (exact) mass is 547 g/mol. The molecule has 1 rings (SSSR count). The molecule has 0 N–H and O–H groups in total. The number of nitrogens with zero attached hydrogens (tertiary/aromatic N) is 2. The Hall–Kier alpha value is -0.660. The zero-order valence-electron chi connectivity index (χ0n) is 27.5. The van der Waals surface area contributed by atoms with Gasteiger partial charge in [0.05, 0.1) is 0 Å². The standard InChI is InChI=1S/C37H74N2/c1-4-7-10-12-14-16-17-18-19-20-21-22-23-24-25-27-29-32-37-38(33-30-9-6-3)35-36-39(37)34-31-28-26-15-13-11-8-5-2/h35-37H,4-34H2,1-3H3. The van der Waals surface area contributed by atoms with Crippen LogP contribution in [0, 0.1) is 0 Å². The third-order valence-electron chi connectivity index (χ3n) is 9.07. The van der Waals surface area contributed by atoms with Crippen molar-refractivity contribution in [3.8, 4) is 0 Å². The highest BCUT2D eigenvalue weighted by molar-refractivity contribution is 4.97. The van der Waals surface area contributed by atoms with Crippen LogP contribution < -0.4 is 0 Å². The van der Waals surface area contributed by atoms with Crippen LogP contribution >= 0.6 is 0 Å². The van der Waals surface area contributed by atoms with E-state index in [2.05, 4.69) is 43.0 Å². The van der Waals surface area contributed by atoms with Crippen LogP contribution in [-0.2, 0) is 0 Å². The predicted molar refractivity (Wildman–Crippen MR) is 177 cm³/mol. The lowest BCUT2D eigenvalue weighted by molar-refractivity contribution is 0.135. The summed E-state index contributed by atoms with van der Waals surface area (Å²) in [4.78, 5) is 5.36. The van der Waals surface area contributed by atoms with Gasteiger partial charge in [-0.1, -0.05) is 181 Å². The second-order valence-corrected chi connectivity index (χ2v) is 12.9. The minimum atomic E-state index is 0.641. The third kappa shape index (κ3) is 21.7. The lowest BCUT2D eigenvalue weighted by Crippen LogP contribution is -2.39. The summed E-state index contributed by atoms with van der Waals surface area (Å²) in [7, 11) is 0. The predicted octanol–water partition coefficient (Wildman–Crippen LogP) is 12.8. The molecule has 0 radical (unpaired) electrons. The van der Waals surface area contributed by atoms with Gasteiger partial charge < -0.3 is 9.80 Å². The first-order valence-corrected chi connectivity index (χ1v) is 18.5. The van der Waals surface area contributed by atoms with E-state index in [1.807, 2.05) is 0 Å². The average molecular weight is 547 g/mol. The molecule has 232 valence electrons. The molecule has 1 aliphatic rings. The first-order chi connectivity index (χ1) is 19.3. The minimum absolute atomic E-state index is 0.641. The molecule has 1 heterocycles. The highest BCUT2D eigenvalue weighted by Crippen LogP contribution is 2.24. The topological polar surface area (TPSA) is 6.48 Å². The van der Waals surface area contributed by atoms with Crippen LogP contribution in [-0.4, -0.2) is 29.1 Å². The maximum atomic E-state index is 2.69. The molecule has 1 atom stereocenters. The van der Waals surface area contributed by atoms with E-state index < -0.39 is 0 Å². The Kier molecular flexibility index (Phi) is 26.9. The molecular weight excluding hydrogens is 472 g/mol. The molecule has 0 aromatic rings. The molecule has 0 aromatic carbocycles. The van der Waals surface area contributed by atoms with Gasteiger partial charge >= 0.3 is 0 Å². The zero-order valence-corrected chi connectivity index (χ0v) is 27.5. The van der Waals surface area contributed by atoms with Crippen LogP contribution in [0.4, 0.5) is 0 Å². The van der Waals surface area contributed by atoms with Gasteiger partial charge in [-0.2, -0.15) is 0 Å². The summed E-state index contributed by atoms with van der Waals surface area (Å²) in [6.45, 7) is 9.46. The summed E-state index contributed by atoms with van der Waals surface area (Å²) in [5, 5.41) is 0. The average Bonchev–Trinajstić information content (AvgIpc) is 3.33. The van der Waals surface area contributed by atoms with E-state index in [9.17, 15) is 0 Å². The zero-order chi connectivity index (χ0) is 28.1. The molecule has 0 bridgehead atoms. The molecule has 0 aliphatic carbocycles. The molecule has 1 aliphatic heterocycles. The second kappa shape index (κ2) is 28.9. The number of rotatable bonds is 31. The van der Waals surface area contributed by atoms with E-state index in [-0.39, 0.29) is 0 Å². The maximum Gasteiger partial charge on any atom is 0.101 e. The van der Waals surface area contributed by atoms with Gasteiger partial charge in [0.25, 0.3) is 0 Å². The maximum absolute atomic E-state index is 2.69. The molecule has 0 saturated carbocycles. The Morgan fingerprint density at radius 3 is 0.949 bits per heavy atom. The van der Waals surface area contributed by atoms with Crippen molar-refractivity contribution in [3.63, 3.8) is 0 Å². The van der Waals surface area contributed by atoms with Crippen LogP contribution in [0.1, 0.15) is 207 Å². The number of hydrogen-bond acceptors (Lipinski definition) is 2. The molecule has 0 fully saturated rings. The van der Waals surface area contributed by atoms with Crippen LogP contribution in [0.2, 0.25) is 0 Å². The Balaban J connectivity index is 2.05. The molecule has 2 nitrogen and oxygen atoms in total. The molecule has 0 spiro atoms. The quantitative estimate of drug-likeness (QED) is 0.0798. The van der Waals surface area contributed by atoms with E-state index in [1.54, 1.807) is 0 Å². The van der Waals surface area contributed by atoms with Crippen molar-refractivity contribution < 1.29 is 0 Å². The lowest BCUT2D eigenvalue weighted by Gasteiger charge is -2.33. The van der Waals surface area contributed by atoms with Crippen molar-refractivity contribution in [3.05, 3.63) is 12.4 Å². The van der Waals surface area contributed by atoms with Crippen molar-refractivity contribution in [2.75, 3.05) is 13.1 Å². The van der Waals surface area contributed by atoms with Gasteiger partial charge in [-0.3, -0.25) is 0 Å². The Morgan fingerprint density at radius 2 is 0.590 bits per heavy atom. The molecule has 2 heteroatoms. The van der Waals surface area contributed by atoms with Crippen LogP contribution in [0.15, 0.2) is 12.4 Å². The molecule has 39 heavy (non-hydrogen) atoms. The fraction of sp³-hybridized carbons (Fsp3) is 0.946. The van der Waals surface area contributed by atoms with Gasteiger partial charge in [-0.15, -0.1) is 0 Å². The third-order valence-corrected chi connectivity index (χ3v) is 9.07.